The second kappa shape index (κ2) is 12.9. The summed E-state index contributed by atoms with van der Waals surface area (Å²) in [6, 6.07) is 15.1. The third kappa shape index (κ3) is 6.39. The summed E-state index contributed by atoms with van der Waals surface area (Å²) in [5.74, 6) is -1.61. The van der Waals surface area contributed by atoms with Gasteiger partial charge in [0.05, 0.1) is 16.9 Å². The number of halogens is 2. The molecule has 3 aromatic heterocycles. The molecule has 3 heterocycles. The zero-order valence-corrected chi connectivity index (χ0v) is 24.4. The number of hydrogen-bond acceptors (Lipinski definition) is 8. The van der Waals surface area contributed by atoms with Gasteiger partial charge in [-0.2, -0.15) is 4.37 Å². The number of benzene rings is 2. The van der Waals surface area contributed by atoms with Crippen molar-refractivity contribution in [2.45, 2.75) is 39.0 Å². The second-order valence-electron chi connectivity index (χ2n) is 9.82. The van der Waals surface area contributed by atoms with Gasteiger partial charge in [-0.25, -0.2) is 9.37 Å². The average molecular weight is 607 g/mol. The molecule has 2 aromatic carbocycles. The van der Waals surface area contributed by atoms with Gasteiger partial charge < -0.3 is 15.0 Å². The minimum Gasteiger partial charge on any atom is -0.371 e. The van der Waals surface area contributed by atoms with Crippen LogP contribution in [-0.4, -0.2) is 42.3 Å². The van der Waals surface area contributed by atoms with Crippen LogP contribution in [0.15, 0.2) is 67.0 Å². The molecule has 12 heteroatoms. The fourth-order valence-electron chi connectivity index (χ4n) is 4.82. The maximum Gasteiger partial charge on any atom is 0.277 e. The summed E-state index contributed by atoms with van der Waals surface area (Å²) in [6.45, 7) is 3.43. The number of aliphatic hydroxyl groups excluding tert-OH is 1. The molecule has 0 fully saturated rings. The number of fused-ring (bicyclic) bond motifs is 1. The summed E-state index contributed by atoms with van der Waals surface area (Å²) >= 11 is 7.67. The van der Waals surface area contributed by atoms with Crippen molar-refractivity contribution >= 4 is 50.7 Å². The lowest BCUT2D eigenvalue weighted by Gasteiger charge is -2.20. The Labute approximate surface area is 250 Å². The number of anilines is 1. The fraction of sp³-hybridized carbons (Fsp3) is 0.233. The van der Waals surface area contributed by atoms with E-state index in [2.05, 4.69) is 25.0 Å². The molecule has 1 amide bonds. The van der Waals surface area contributed by atoms with Crippen molar-refractivity contribution in [2.75, 3.05) is 11.9 Å². The summed E-state index contributed by atoms with van der Waals surface area (Å²) in [4.78, 5) is 34.6. The van der Waals surface area contributed by atoms with E-state index >= 15 is 0 Å². The van der Waals surface area contributed by atoms with E-state index in [1.807, 2.05) is 30.3 Å². The van der Waals surface area contributed by atoms with Crippen molar-refractivity contribution in [3.8, 4) is 0 Å². The van der Waals surface area contributed by atoms with Crippen LogP contribution >= 0.6 is 23.1 Å². The standard InChI is InChI=1S/C30H28ClFN6O3S/c1-17(39)16-38-26(18(2)22-15-20(32)7-8-23(22)31)27(36-29(40)25-21-5-3-4-6-24(21)42-37-25)35-28(38)30(41)34-14-11-19-9-12-33-13-10-19/h3-10,12-13,15,18,30,34,41H,11,14,16H2,1-2H3,(H,36,40)/t18-,30?/m0/s1. The van der Waals surface area contributed by atoms with E-state index < -0.39 is 23.9 Å². The Hall–Kier alpha value is -4.03. The summed E-state index contributed by atoms with van der Waals surface area (Å²) in [5, 5.41) is 18.1. The van der Waals surface area contributed by atoms with Gasteiger partial charge in [-0.15, -0.1) is 0 Å². The third-order valence-electron chi connectivity index (χ3n) is 6.82. The number of aliphatic hydroxyl groups is 1. The zero-order valence-electron chi connectivity index (χ0n) is 22.8. The van der Waals surface area contributed by atoms with Crippen molar-refractivity contribution in [3.05, 3.63) is 106 Å². The molecule has 0 saturated heterocycles. The van der Waals surface area contributed by atoms with Crippen molar-refractivity contribution in [1.82, 2.24) is 24.2 Å². The quantitative estimate of drug-likeness (QED) is 0.170. The van der Waals surface area contributed by atoms with Crippen molar-refractivity contribution in [1.29, 1.82) is 0 Å². The van der Waals surface area contributed by atoms with Crippen LogP contribution in [0.2, 0.25) is 5.02 Å². The second-order valence-corrected chi connectivity index (χ2v) is 11.0. The highest BCUT2D eigenvalue weighted by Crippen LogP contribution is 2.36. The molecule has 0 aliphatic rings. The maximum absolute atomic E-state index is 14.3. The Bertz CT molecular complexity index is 1740. The fourth-order valence-corrected chi connectivity index (χ4v) is 5.87. The highest BCUT2D eigenvalue weighted by Gasteiger charge is 2.30. The molecule has 42 heavy (non-hydrogen) atoms. The van der Waals surface area contributed by atoms with Gasteiger partial charge in [-0.05, 0) is 72.4 Å². The van der Waals surface area contributed by atoms with E-state index in [1.54, 1.807) is 30.0 Å². The molecule has 9 nitrogen and oxygen atoms in total. The maximum atomic E-state index is 14.3. The predicted molar refractivity (Wildman–Crippen MR) is 160 cm³/mol. The van der Waals surface area contributed by atoms with Crippen LogP contribution < -0.4 is 10.6 Å². The van der Waals surface area contributed by atoms with E-state index in [4.69, 9.17) is 11.6 Å². The number of ketones is 1. The molecule has 2 atom stereocenters. The number of nitrogens with zero attached hydrogens (tertiary/aromatic N) is 4. The van der Waals surface area contributed by atoms with Crippen molar-refractivity contribution in [3.63, 3.8) is 0 Å². The number of amides is 1. The molecule has 0 aliphatic heterocycles. The van der Waals surface area contributed by atoms with E-state index in [0.717, 1.165) is 10.3 Å². The Morgan fingerprint density at radius 2 is 1.90 bits per heavy atom. The molecule has 5 aromatic rings. The highest BCUT2D eigenvalue weighted by molar-refractivity contribution is 7.13. The highest BCUT2D eigenvalue weighted by atomic mass is 35.5. The number of rotatable bonds is 11. The Morgan fingerprint density at radius 3 is 2.67 bits per heavy atom. The number of aromatic nitrogens is 4. The number of carbonyl (C=O) groups excluding carboxylic acids is 2. The molecular weight excluding hydrogens is 579 g/mol. The monoisotopic (exact) mass is 606 g/mol. The number of nitrogens with one attached hydrogen (secondary N) is 2. The van der Waals surface area contributed by atoms with Gasteiger partial charge in [0, 0.05) is 35.3 Å². The minimum absolute atomic E-state index is 0.108. The van der Waals surface area contributed by atoms with Crippen LogP contribution in [0.5, 0.6) is 0 Å². The van der Waals surface area contributed by atoms with Gasteiger partial charge in [0.15, 0.2) is 17.9 Å². The van der Waals surface area contributed by atoms with E-state index in [0.29, 0.717) is 34.6 Å². The molecule has 0 bridgehead atoms. The summed E-state index contributed by atoms with van der Waals surface area (Å²) in [7, 11) is 0. The molecule has 5 rings (SSSR count). The molecule has 0 aliphatic carbocycles. The summed E-state index contributed by atoms with van der Waals surface area (Å²) in [5.41, 5.74) is 2.06. The number of hydrogen-bond donors (Lipinski definition) is 3. The SMILES string of the molecule is CC(=O)Cn1c(C(O)NCCc2ccncc2)nc(NC(=O)c2nsc3ccccc23)c1[C@@H](C)c1cc(F)ccc1Cl. The van der Waals surface area contributed by atoms with Gasteiger partial charge >= 0.3 is 0 Å². The van der Waals surface area contributed by atoms with Crippen LogP contribution in [0.4, 0.5) is 10.2 Å². The summed E-state index contributed by atoms with van der Waals surface area (Å²) in [6.07, 6.45) is 2.70. The first-order chi connectivity index (χ1) is 20.2. The lowest BCUT2D eigenvalue weighted by Crippen LogP contribution is -2.27. The van der Waals surface area contributed by atoms with Crippen molar-refractivity contribution in [2.24, 2.45) is 0 Å². The van der Waals surface area contributed by atoms with E-state index in [-0.39, 0.29) is 29.7 Å². The third-order valence-corrected chi connectivity index (χ3v) is 7.99. The molecule has 0 radical (unpaired) electrons. The number of carbonyl (C=O) groups is 2. The van der Waals surface area contributed by atoms with Gasteiger partial charge in [0.25, 0.3) is 5.91 Å². The molecule has 1 unspecified atom stereocenters. The first-order valence-corrected chi connectivity index (χ1v) is 14.4. The van der Waals surface area contributed by atoms with Crippen LogP contribution in [0.3, 0.4) is 0 Å². The lowest BCUT2D eigenvalue weighted by atomic mass is 9.96. The predicted octanol–water partition coefficient (Wildman–Crippen LogP) is 5.50. The van der Waals surface area contributed by atoms with Crippen molar-refractivity contribution < 1.29 is 19.1 Å². The molecule has 0 spiro atoms. The Morgan fingerprint density at radius 1 is 1.14 bits per heavy atom. The van der Waals surface area contributed by atoms with Gasteiger partial charge in [0.2, 0.25) is 0 Å². The average Bonchev–Trinajstić information content (AvgIpc) is 3.56. The Kier molecular flexibility index (Phi) is 9.03. The zero-order chi connectivity index (χ0) is 29.8. The smallest absolute Gasteiger partial charge is 0.277 e. The van der Waals surface area contributed by atoms with Gasteiger partial charge in [-0.3, -0.25) is 19.9 Å². The molecule has 0 saturated carbocycles. The molecular formula is C30H28ClFN6O3S. The van der Waals surface area contributed by atoms with Gasteiger partial charge in [-0.1, -0.05) is 36.7 Å². The molecule has 3 N–H and O–H groups in total. The number of pyridine rings is 1. The van der Waals surface area contributed by atoms with E-state index in [1.165, 1.54) is 36.7 Å². The number of Topliss-reactive ketones (excluding diaryl/α,β-unsaturated/α-hetero) is 1. The minimum atomic E-state index is -1.29. The van der Waals surface area contributed by atoms with Crippen LogP contribution in [0.1, 0.15) is 59.1 Å². The van der Waals surface area contributed by atoms with Crippen LogP contribution in [-0.2, 0) is 17.8 Å². The van der Waals surface area contributed by atoms with Crippen LogP contribution in [0.25, 0.3) is 10.1 Å². The first-order valence-electron chi connectivity index (χ1n) is 13.2. The molecule has 216 valence electrons. The normalized spacial score (nSPS) is 12.8. The first kappa shape index (κ1) is 29.5. The lowest BCUT2D eigenvalue weighted by molar-refractivity contribution is -0.117. The van der Waals surface area contributed by atoms with Crippen LogP contribution in [0, 0.1) is 5.82 Å². The topological polar surface area (TPSA) is 122 Å². The van der Waals surface area contributed by atoms with E-state index in [9.17, 15) is 19.1 Å². The largest absolute Gasteiger partial charge is 0.371 e. The Balaban J connectivity index is 1.55. The van der Waals surface area contributed by atoms with Gasteiger partial charge in [0.1, 0.15) is 17.3 Å². The summed E-state index contributed by atoms with van der Waals surface area (Å²) < 4.78 is 21.1. The number of imidazole rings is 1.